The van der Waals surface area contributed by atoms with Gasteiger partial charge in [-0.1, -0.05) is 0 Å². The summed E-state index contributed by atoms with van der Waals surface area (Å²) in [5.41, 5.74) is 1.58. The van der Waals surface area contributed by atoms with Gasteiger partial charge in [0.2, 0.25) is 5.91 Å². The van der Waals surface area contributed by atoms with E-state index in [4.69, 9.17) is 0 Å². The smallest absolute Gasteiger partial charge is 0.247 e. The number of hydrogen-bond donors (Lipinski definition) is 1. The van der Waals surface area contributed by atoms with Crippen molar-refractivity contribution in [2.75, 3.05) is 17.3 Å². The van der Waals surface area contributed by atoms with Crippen LogP contribution in [0.15, 0.2) is 55.1 Å². The quantitative estimate of drug-likeness (QED) is 0.713. The van der Waals surface area contributed by atoms with Crippen molar-refractivity contribution in [1.29, 1.82) is 0 Å². The second-order valence-electron chi connectivity index (χ2n) is 5.22. The van der Waals surface area contributed by atoms with E-state index in [0.29, 0.717) is 0 Å². The highest BCUT2D eigenvalue weighted by molar-refractivity contribution is 7.98. The van der Waals surface area contributed by atoms with E-state index in [1.54, 1.807) is 16.4 Å². The standard InChI is InChI=1S/C16H18N6OS/c1-24-11-8-15(21-9-2-3-10-21)16(23)18-13-4-6-14(7-5-13)22-12-17-19-20-22/h2-7,9-10,12,15H,8,11H2,1H3,(H,18,23)/t15-/m1/s1. The van der Waals surface area contributed by atoms with Gasteiger partial charge in [-0.2, -0.15) is 11.8 Å². The van der Waals surface area contributed by atoms with Crippen molar-refractivity contribution in [3.8, 4) is 5.69 Å². The summed E-state index contributed by atoms with van der Waals surface area (Å²) in [6, 6.07) is 11.1. The van der Waals surface area contributed by atoms with Crippen LogP contribution in [0.4, 0.5) is 5.69 Å². The van der Waals surface area contributed by atoms with Gasteiger partial charge in [0.15, 0.2) is 0 Å². The summed E-state index contributed by atoms with van der Waals surface area (Å²) >= 11 is 1.74. The van der Waals surface area contributed by atoms with E-state index in [9.17, 15) is 4.79 Å². The first-order valence-corrected chi connectivity index (χ1v) is 8.93. The Morgan fingerprint density at radius 1 is 1.25 bits per heavy atom. The molecule has 0 saturated heterocycles. The third-order valence-corrected chi connectivity index (χ3v) is 4.28. The van der Waals surface area contributed by atoms with Gasteiger partial charge in [0.05, 0.1) is 5.69 Å². The number of nitrogens with zero attached hydrogens (tertiary/aromatic N) is 5. The van der Waals surface area contributed by atoms with Gasteiger partial charge in [0.1, 0.15) is 12.4 Å². The molecule has 1 N–H and O–H groups in total. The summed E-state index contributed by atoms with van der Waals surface area (Å²) in [5.74, 6) is 0.907. The first kappa shape index (κ1) is 16.3. The monoisotopic (exact) mass is 342 g/mol. The molecule has 7 nitrogen and oxygen atoms in total. The molecule has 0 unspecified atom stereocenters. The van der Waals surface area contributed by atoms with Gasteiger partial charge in [-0.15, -0.1) is 5.10 Å². The molecule has 24 heavy (non-hydrogen) atoms. The van der Waals surface area contributed by atoms with Crippen molar-refractivity contribution in [3.63, 3.8) is 0 Å². The number of carbonyl (C=O) groups is 1. The molecule has 0 aliphatic rings. The van der Waals surface area contributed by atoms with Crippen LogP contribution in [-0.2, 0) is 4.79 Å². The zero-order chi connectivity index (χ0) is 16.8. The van der Waals surface area contributed by atoms with Crippen molar-refractivity contribution < 1.29 is 4.79 Å². The van der Waals surface area contributed by atoms with Gasteiger partial charge in [-0.05, 0) is 65.3 Å². The second-order valence-corrected chi connectivity index (χ2v) is 6.20. The summed E-state index contributed by atoms with van der Waals surface area (Å²) in [4.78, 5) is 12.7. The van der Waals surface area contributed by atoms with Crippen LogP contribution < -0.4 is 5.32 Å². The average molecular weight is 342 g/mol. The molecule has 0 fully saturated rings. The molecule has 0 saturated carbocycles. The fraction of sp³-hybridized carbons (Fsp3) is 0.250. The van der Waals surface area contributed by atoms with Crippen molar-refractivity contribution in [1.82, 2.24) is 24.8 Å². The molecule has 124 valence electrons. The fourth-order valence-corrected chi connectivity index (χ4v) is 2.86. The lowest BCUT2D eigenvalue weighted by Gasteiger charge is -2.18. The molecular formula is C16H18N6OS. The number of rotatable bonds is 7. The molecule has 1 atom stereocenters. The minimum atomic E-state index is -0.216. The molecule has 1 amide bonds. The van der Waals surface area contributed by atoms with Crippen LogP contribution in [0.2, 0.25) is 0 Å². The van der Waals surface area contributed by atoms with Crippen molar-refractivity contribution >= 4 is 23.4 Å². The Morgan fingerprint density at radius 3 is 2.62 bits per heavy atom. The maximum atomic E-state index is 12.7. The highest BCUT2D eigenvalue weighted by Crippen LogP contribution is 2.19. The highest BCUT2D eigenvalue weighted by atomic mass is 32.2. The number of amides is 1. The Labute approximate surface area is 144 Å². The summed E-state index contributed by atoms with van der Waals surface area (Å²) in [6.07, 6.45) is 8.20. The summed E-state index contributed by atoms with van der Waals surface area (Å²) < 4.78 is 3.51. The number of hydrogen-bond acceptors (Lipinski definition) is 5. The highest BCUT2D eigenvalue weighted by Gasteiger charge is 2.19. The average Bonchev–Trinajstić information content (AvgIpc) is 3.30. The molecule has 1 aromatic carbocycles. The Hall–Kier alpha value is -2.61. The van der Waals surface area contributed by atoms with E-state index in [1.807, 2.05) is 59.6 Å². The van der Waals surface area contributed by atoms with Crippen LogP contribution in [0.25, 0.3) is 5.69 Å². The topological polar surface area (TPSA) is 77.6 Å². The predicted molar refractivity (Wildman–Crippen MR) is 94.3 cm³/mol. The Balaban J connectivity index is 1.70. The predicted octanol–water partition coefficient (Wildman–Crippen LogP) is 2.40. The Bertz CT molecular complexity index is 754. The minimum Gasteiger partial charge on any atom is -0.342 e. The first-order valence-electron chi connectivity index (χ1n) is 7.53. The van der Waals surface area contributed by atoms with Crippen molar-refractivity contribution in [2.24, 2.45) is 0 Å². The van der Waals surface area contributed by atoms with Gasteiger partial charge >= 0.3 is 0 Å². The molecule has 0 radical (unpaired) electrons. The van der Waals surface area contributed by atoms with Crippen molar-refractivity contribution in [3.05, 3.63) is 55.1 Å². The van der Waals surface area contributed by atoms with Crippen LogP contribution in [-0.4, -0.2) is 42.7 Å². The zero-order valence-corrected chi connectivity index (χ0v) is 14.1. The van der Waals surface area contributed by atoms with Crippen molar-refractivity contribution in [2.45, 2.75) is 12.5 Å². The minimum absolute atomic E-state index is 0.0181. The number of benzene rings is 1. The lowest BCUT2D eigenvalue weighted by Crippen LogP contribution is -2.25. The van der Waals surface area contributed by atoms with E-state index < -0.39 is 0 Å². The SMILES string of the molecule is CSCC[C@H](C(=O)Nc1ccc(-n2cnnn2)cc1)n1cccc1. The van der Waals surface area contributed by atoms with E-state index in [-0.39, 0.29) is 11.9 Å². The van der Waals surface area contributed by atoms with Gasteiger partial charge in [-0.25, -0.2) is 4.68 Å². The molecule has 0 bridgehead atoms. The Kier molecular flexibility index (Phi) is 5.27. The van der Waals surface area contributed by atoms with Gasteiger partial charge in [0, 0.05) is 18.1 Å². The maximum absolute atomic E-state index is 12.7. The number of tetrazole rings is 1. The lowest BCUT2D eigenvalue weighted by atomic mass is 10.2. The van der Waals surface area contributed by atoms with E-state index in [0.717, 1.165) is 23.5 Å². The molecule has 8 heteroatoms. The molecule has 0 spiro atoms. The molecule has 0 aliphatic heterocycles. The molecule has 3 aromatic rings. The number of carbonyl (C=O) groups excluding carboxylic acids is 1. The summed E-state index contributed by atoms with van der Waals surface area (Å²) in [5, 5.41) is 14.0. The van der Waals surface area contributed by atoms with Crippen LogP contribution in [0, 0.1) is 0 Å². The first-order chi connectivity index (χ1) is 11.8. The van der Waals surface area contributed by atoms with Gasteiger partial charge in [-0.3, -0.25) is 4.79 Å². The maximum Gasteiger partial charge on any atom is 0.247 e. The number of nitrogens with one attached hydrogen (secondary N) is 1. The zero-order valence-electron chi connectivity index (χ0n) is 13.2. The summed E-state index contributed by atoms with van der Waals surface area (Å²) in [7, 11) is 0. The second kappa shape index (κ2) is 7.78. The normalized spacial score (nSPS) is 12.0. The fourth-order valence-electron chi connectivity index (χ4n) is 2.40. The molecule has 2 aromatic heterocycles. The molecule has 3 rings (SSSR count). The van der Waals surface area contributed by atoms with Gasteiger partial charge in [0.25, 0.3) is 0 Å². The lowest BCUT2D eigenvalue weighted by molar-refractivity contribution is -0.119. The van der Waals surface area contributed by atoms with Crippen LogP contribution >= 0.6 is 11.8 Å². The largest absolute Gasteiger partial charge is 0.342 e. The third kappa shape index (κ3) is 3.83. The third-order valence-electron chi connectivity index (χ3n) is 3.63. The van der Waals surface area contributed by atoms with E-state index >= 15 is 0 Å². The van der Waals surface area contributed by atoms with Crippen LogP contribution in [0.5, 0.6) is 0 Å². The van der Waals surface area contributed by atoms with E-state index in [2.05, 4.69) is 20.8 Å². The number of aromatic nitrogens is 5. The molecular weight excluding hydrogens is 324 g/mol. The van der Waals surface area contributed by atoms with E-state index in [1.165, 1.54) is 6.33 Å². The number of thioether (sulfide) groups is 1. The summed E-state index contributed by atoms with van der Waals surface area (Å²) in [6.45, 7) is 0. The molecule has 0 aliphatic carbocycles. The number of anilines is 1. The van der Waals surface area contributed by atoms with Crippen LogP contribution in [0.1, 0.15) is 12.5 Å². The Morgan fingerprint density at radius 2 is 2.00 bits per heavy atom. The van der Waals surface area contributed by atoms with Gasteiger partial charge < -0.3 is 9.88 Å². The molecule has 2 heterocycles. The van der Waals surface area contributed by atoms with Crippen LogP contribution in [0.3, 0.4) is 0 Å².